The molecule has 2 N–H and O–H groups in total. The standard InChI is InChI=1S/C9H13N3O2S/c1-3-5(2)10-4-6-7(13)11-9(15)12-8(6)14/h4-6H,3H2,1-2H3,(H2,11,12,13,14,15)/t5-/m0/s1. The molecule has 0 aromatic carbocycles. The number of rotatable bonds is 3. The maximum Gasteiger partial charge on any atom is 0.244 e. The van der Waals surface area contributed by atoms with Gasteiger partial charge in [-0.15, -0.1) is 0 Å². The molecule has 0 spiro atoms. The third-order valence-electron chi connectivity index (χ3n) is 2.12. The molecule has 5 nitrogen and oxygen atoms in total. The Bertz CT molecular complexity index is 307. The molecular weight excluding hydrogens is 214 g/mol. The highest BCUT2D eigenvalue weighted by Crippen LogP contribution is 2.01. The van der Waals surface area contributed by atoms with E-state index in [1.807, 2.05) is 13.8 Å². The minimum Gasteiger partial charge on any atom is -0.302 e. The molecule has 0 saturated carbocycles. The molecule has 0 bridgehead atoms. The van der Waals surface area contributed by atoms with Gasteiger partial charge in [-0.05, 0) is 25.6 Å². The quantitative estimate of drug-likeness (QED) is 0.405. The number of hydrogen-bond donors (Lipinski definition) is 2. The van der Waals surface area contributed by atoms with E-state index in [9.17, 15) is 9.59 Å². The van der Waals surface area contributed by atoms with Gasteiger partial charge in [-0.3, -0.25) is 14.6 Å². The summed E-state index contributed by atoms with van der Waals surface area (Å²) in [5, 5.41) is 4.80. The molecule has 1 aliphatic rings. The average molecular weight is 227 g/mol. The Balaban J connectivity index is 2.68. The summed E-state index contributed by atoms with van der Waals surface area (Å²) in [7, 11) is 0. The van der Waals surface area contributed by atoms with Gasteiger partial charge in [0, 0.05) is 12.3 Å². The number of nitrogens with one attached hydrogen (secondary N) is 2. The highest BCUT2D eigenvalue weighted by Gasteiger charge is 2.30. The summed E-state index contributed by atoms with van der Waals surface area (Å²) < 4.78 is 0. The van der Waals surface area contributed by atoms with Crippen molar-refractivity contribution >= 4 is 35.4 Å². The van der Waals surface area contributed by atoms with E-state index in [0.29, 0.717) is 0 Å². The zero-order chi connectivity index (χ0) is 11.4. The minimum absolute atomic E-state index is 0.0539. The summed E-state index contributed by atoms with van der Waals surface area (Å²) in [5.74, 6) is -1.71. The molecule has 6 heteroatoms. The third kappa shape index (κ3) is 3.09. The topological polar surface area (TPSA) is 70.6 Å². The summed E-state index contributed by atoms with van der Waals surface area (Å²) in [6.07, 6.45) is 2.24. The van der Waals surface area contributed by atoms with Crippen molar-refractivity contribution in [2.75, 3.05) is 0 Å². The van der Waals surface area contributed by atoms with Crippen molar-refractivity contribution < 1.29 is 9.59 Å². The number of hydrogen-bond acceptors (Lipinski definition) is 4. The largest absolute Gasteiger partial charge is 0.302 e. The summed E-state index contributed by atoms with van der Waals surface area (Å²) in [6, 6.07) is 0.111. The van der Waals surface area contributed by atoms with Gasteiger partial charge in [0.05, 0.1) is 0 Å². The van der Waals surface area contributed by atoms with Crippen LogP contribution in [0.4, 0.5) is 0 Å². The molecule has 2 amide bonds. The molecule has 0 unspecified atom stereocenters. The van der Waals surface area contributed by atoms with Crippen LogP contribution in [0.15, 0.2) is 4.99 Å². The van der Waals surface area contributed by atoms with E-state index in [1.54, 1.807) is 0 Å². The molecule has 1 saturated heterocycles. The highest BCUT2D eigenvalue weighted by atomic mass is 32.1. The summed E-state index contributed by atoms with van der Waals surface area (Å²) in [5.41, 5.74) is 0. The first-order valence-corrected chi connectivity index (χ1v) is 5.14. The van der Waals surface area contributed by atoms with Gasteiger partial charge in [-0.25, -0.2) is 0 Å². The van der Waals surface area contributed by atoms with Gasteiger partial charge in [0.25, 0.3) is 0 Å². The number of amides is 2. The van der Waals surface area contributed by atoms with Crippen LogP contribution in [0.1, 0.15) is 20.3 Å². The first kappa shape index (κ1) is 11.8. The van der Waals surface area contributed by atoms with Crippen LogP contribution in [0.25, 0.3) is 0 Å². The molecule has 15 heavy (non-hydrogen) atoms. The van der Waals surface area contributed by atoms with E-state index >= 15 is 0 Å². The zero-order valence-electron chi connectivity index (χ0n) is 8.61. The summed E-state index contributed by atoms with van der Waals surface area (Å²) in [6.45, 7) is 3.90. The molecule has 0 aliphatic carbocycles. The molecule has 1 fully saturated rings. The van der Waals surface area contributed by atoms with Crippen LogP contribution in [0.5, 0.6) is 0 Å². The monoisotopic (exact) mass is 227 g/mol. The van der Waals surface area contributed by atoms with E-state index in [4.69, 9.17) is 0 Å². The maximum atomic E-state index is 11.4. The fraction of sp³-hybridized carbons (Fsp3) is 0.556. The lowest BCUT2D eigenvalue weighted by atomic mass is 10.1. The Labute approximate surface area is 93.3 Å². The van der Waals surface area contributed by atoms with Gasteiger partial charge in [0.2, 0.25) is 11.8 Å². The fourth-order valence-corrected chi connectivity index (χ4v) is 1.20. The number of nitrogens with zero attached hydrogens (tertiary/aromatic N) is 1. The van der Waals surface area contributed by atoms with Crippen molar-refractivity contribution in [3.8, 4) is 0 Å². The van der Waals surface area contributed by atoms with Crippen molar-refractivity contribution in [3.63, 3.8) is 0 Å². The van der Waals surface area contributed by atoms with Gasteiger partial charge < -0.3 is 10.6 Å². The lowest BCUT2D eigenvalue weighted by Gasteiger charge is -2.19. The Hall–Kier alpha value is -1.30. The lowest BCUT2D eigenvalue weighted by Crippen LogP contribution is -2.56. The fourth-order valence-electron chi connectivity index (χ4n) is 1.00. The second-order valence-corrected chi connectivity index (χ2v) is 3.75. The molecule has 1 aliphatic heterocycles. The van der Waals surface area contributed by atoms with Crippen LogP contribution in [-0.2, 0) is 9.59 Å². The predicted molar refractivity (Wildman–Crippen MR) is 60.6 cm³/mol. The number of carbonyl (C=O) groups excluding carboxylic acids is 2. The summed E-state index contributed by atoms with van der Waals surface area (Å²) in [4.78, 5) is 26.8. The second kappa shape index (κ2) is 4.97. The predicted octanol–water partition coefficient (Wildman–Crippen LogP) is 0.00280. The van der Waals surface area contributed by atoms with Gasteiger partial charge in [0.1, 0.15) is 0 Å². The lowest BCUT2D eigenvalue weighted by molar-refractivity contribution is -0.131. The molecule has 0 aromatic heterocycles. The minimum atomic E-state index is -0.870. The third-order valence-corrected chi connectivity index (χ3v) is 2.32. The van der Waals surface area contributed by atoms with Crippen molar-refractivity contribution in [1.82, 2.24) is 10.6 Å². The molecule has 1 atom stereocenters. The second-order valence-electron chi connectivity index (χ2n) is 3.34. The molecule has 82 valence electrons. The van der Waals surface area contributed by atoms with Crippen molar-refractivity contribution in [2.24, 2.45) is 10.9 Å². The van der Waals surface area contributed by atoms with Gasteiger partial charge in [-0.2, -0.15) is 0 Å². The molecule has 0 radical (unpaired) electrons. The van der Waals surface area contributed by atoms with Crippen LogP contribution in [0.2, 0.25) is 0 Å². The normalized spacial score (nSPS) is 20.3. The van der Waals surface area contributed by atoms with Crippen LogP contribution >= 0.6 is 12.2 Å². The van der Waals surface area contributed by atoms with E-state index < -0.39 is 17.7 Å². The first-order chi connectivity index (χ1) is 7.04. The van der Waals surface area contributed by atoms with Crippen LogP contribution in [0, 0.1) is 5.92 Å². The Kier molecular flexibility index (Phi) is 3.90. The molecule has 0 aromatic rings. The average Bonchev–Trinajstić information content (AvgIpc) is 2.15. The summed E-state index contributed by atoms with van der Waals surface area (Å²) >= 11 is 4.66. The van der Waals surface area contributed by atoms with Gasteiger partial charge in [0.15, 0.2) is 11.0 Å². The van der Waals surface area contributed by atoms with E-state index in [2.05, 4.69) is 27.8 Å². The number of thiocarbonyl (C=S) groups is 1. The SMILES string of the molecule is CC[C@H](C)N=CC1C(=O)NC(=S)NC1=O. The number of carbonyl (C=O) groups is 2. The molecular formula is C9H13N3O2S. The zero-order valence-corrected chi connectivity index (χ0v) is 9.43. The van der Waals surface area contributed by atoms with Crippen LogP contribution in [0.3, 0.4) is 0 Å². The van der Waals surface area contributed by atoms with Crippen molar-refractivity contribution in [3.05, 3.63) is 0 Å². The number of aliphatic imine (C=N–C) groups is 1. The van der Waals surface area contributed by atoms with E-state index in [1.165, 1.54) is 6.21 Å². The van der Waals surface area contributed by atoms with Crippen molar-refractivity contribution in [2.45, 2.75) is 26.3 Å². The van der Waals surface area contributed by atoms with Gasteiger partial charge >= 0.3 is 0 Å². The van der Waals surface area contributed by atoms with Crippen LogP contribution < -0.4 is 10.6 Å². The molecule has 1 rings (SSSR count). The Morgan fingerprint density at radius 1 is 1.47 bits per heavy atom. The highest BCUT2D eigenvalue weighted by molar-refractivity contribution is 7.80. The van der Waals surface area contributed by atoms with Gasteiger partial charge in [-0.1, -0.05) is 6.92 Å². The Morgan fingerprint density at radius 2 is 2.00 bits per heavy atom. The van der Waals surface area contributed by atoms with Crippen molar-refractivity contribution in [1.29, 1.82) is 0 Å². The first-order valence-electron chi connectivity index (χ1n) is 4.73. The smallest absolute Gasteiger partial charge is 0.244 e. The van der Waals surface area contributed by atoms with E-state index in [0.717, 1.165) is 6.42 Å². The molecule has 1 heterocycles. The van der Waals surface area contributed by atoms with Crippen LogP contribution in [-0.4, -0.2) is 29.2 Å². The van der Waals surface area contributed by atoms with E-state index in [-0.39, 0.29) is 11.2 Å². The Morgan fingerprint density at radius 3 is 2.47 bits per heavy atom. The maximum absolute atomic E-state index is 11.4.